The highest BCUT2D eigenvalue weighted by atomic mass is 127. The molecule has 1 saturated heterocycles. The van der Waals surface area contributed by atoms with E-state index in [1.54, 1.807) is 4.90 Å². The van der Waals surface area contributed by atoms with Crippen LogP contribution in [0.2, 0.25) is 0 Å². The van der Waals surface area contributed by atoms with Gasteiger partial charge >= 0.3 is 0 Å². The Balaban J connectivity index is 2.27. The number of rotatable bonds is 1. The number of carbonyl (C=O) groups excluding carboxylic acids is 1. The average molecular weight is 319 g/mol. The second-order valence-corrected chi connectivity index (χ2v) is 5.32. The fourth-order valence-corrected chi connectivity index (χ4v) is 2.43. The SMILES string of the molecule is O=C1CC(S)CN1c1cccc(I)c1. The lowest BCUT2D eigenvalue weighted by Gasteiger charge is -2.15. The Kier molecular flexibility index (Phi) is 3.02. The van der Waals surface area contributed by atoms with Crippen molar-refractivity contribution >= 4 is 46.8 Å². The molecule has 1 aliphatic heterocycles. The highest BCUT2D eigenvalue weighted by Crippen LogP contribution is 2.24. The molecule has 1 unspecified atom stereocenters. The van der Waals surface area contributed by atoms with Crippen LogP contribution >= 0.6 is 35.2 Å². The number of halogens is 1. The summed E-state index contributed by atoms with van der Waals surface area (Å²) in [6.07, 6.45) is 0.550. The summed E-state index contributed by atoms with van der Waals surface area (Å²) in [6, 6.07) is 7.97. The van der Waals surface area contributed by atoms with Gasteiger partial charge in [-0.1, -0.05) is 6.07 Å². The van der Waals surface area contributed by atoms with Gasteiger partial charge in [0.05, 0.1) is 0 Å². The summed E-state index contributed by atoms with van der Waals surface area (Å²) in [6.45, 7) is 0.724. The summed E-state index contributed by atoms with van der Waals surface area (Å²) in [5.74, 6) is 0.173. The third-order valence-electron chi connectivity index (χ3n) is 2.22. The van der Waals surface area contributed by atoms with Gasteiger partial charge in [-0.2, -0.15) is 12.6 Å². The third-order valence-corrected chi connectivity index (χ3v) is 3.24. The maximum atomic E-state index is 11.6. The van der Waals surface area contributed by atoms with Crippen LogP contribution < -0.4 is 4.90 Å². The van der Waals surface area contributed by atoms with Crippen LogP contribution in [0.25, 0.3) is 0 Å². The van der Waals surface area contributed by atoms with Gasteiger partial charge in [0.2, 0.25) is 5.91 Å². The molecule has 0 spiro atoms. The summed E-state index contributed by atoms with van der Waals surface area (Å²) in [7, 11) is 0. The number of nitrogens with zero attached hydrogens (tertiary/aromatic N) is 1. The van der Waals surface area contributed by atoms with Gasteiger partial charge in [0.25, 0.3) is 0 Å². The lowest BCUT2D eigenvalue weighted by atomic mass is 10.3. The molecule has 74 valence electrons. The molecule has 0 radical (unpaired) electrons. The van der Waals surface area contributed by atoms with Crippen LogP contribution in [-0.4, -0.2) is 17.7 Å². The first-order valence-electron chi connectivity index (χ1n) is 4.41. The number of amides is 1. The fraction of sp³-hybridized carbons (Fsp3) is 0.300. The molecule has 0 N–H and O–H groups in total. The predicted molar refractivity (Wildman–Crippen MR) is 68.9 cm³/mol. The normalized spacial score (nSPS) is 21.7. The van der Waals surface area contributed by atoms with E-state index in [9.17, 15) is 4.79 Å². The first-order chi connectivity index (χ1) is 6.66. The van der Waals surface area contributed by atoms with Gasteiger partial charge in [-0.25, -0.2) is 0 Å². The first-order valence-corrected chi connectivity index (χ1v) is 6.00. The molecule has 1 amide bonds. The quantitative estimate of drug-likeness (QED) is 0.622. The second-order valence-electron chi connectivity index (χ2n) is 3.34. The van der Waals surface area contributed by atoms with Gasteiger partial charge < -0.3 is 4.90 Å². The van der Waals surface area contributed by atoms with Crippen molar-refractivity contribution in [3.8, 4) is 0 Å². The van der Waals surface area contributed by atoms with E-state index in [2.05, 4.69) is 35.2 Å². The Hall–Kier alpha value is -0.230. The topological polar surface area (TPSA) is 20.3 Å². The van der Waals surface area contributed by atoms with Gasteiger partial charge in [-0.15, -0.1) is 0 Å². The highest BCUT2D eigenvalue weighted by Gasteiger charge is 2.28. The average Bonchev–Trinajstić information content (AvgIpc) is 2.45. The van der Waals surface area contributed by atoms with Gasteiger partial charge in [-0.3, -0.25) is 4.79 Å². The van der Waals surface area contributed by atoms with Crippen LogP contribution in [0.15, 0.2) is 24.3 Å². The molecule has 1 aliphatic rings. The molecule has 0 aromatic heterocycles. The van der Waals surface area contributed by atoms with Gasteiger partial charge in [-0.05, 0) is 40.8 Å². The van der Waals surface area contributed by atoms with E-state index in [-0.39, 0.29) is 11.2 Å². The van der Waals surface area contributed by atoms with Crippen LogP contribution in [0.3, 0.4) is 0 Å². The lowest BCUT2D eigenvalue weighted by molar-refractivity contribution is -0.117. The fourth-order valence-electron chi connectivity index (χ4n) is 1.58. The minimum absolute atomic E-state index is 0.173. The first kappa shape index (κ1) is 10.3. The molecular weight excluding hydrogens is 309 g/mol. The summed E-state index contributed by atoms with van der Waals surface area (Å²) in [5, 5.41) is 0.181. The van der Waals surface area contributed by atoms with Crippen LogP contribution in [0.4, 0.5) is 5.69 Å². The van der Waals surface area contributed by atoms with Crippen molar-refractivity contribution in [2.24, 2.45) is 0 Å². The van der Waals surface area contributed by atoms with E-state index in [0.29, 0.717) is 6.42 Å². The van der Waals surface area contributed by atoms with E-state index in [4.69, 9.17) is 0 Å². The van der Waals surface area contributed by atoms with Crippen molar-refractivity contribution in [1.82, 2.24) is 0 Å². The Bertz CT molecular complexity index is 369. The van der Waals surface area contributed by atoms with E-state index >= 15 is 0 Å². The monoisotopic (exact) mass is 319 g/mol. The van der Waals surface area contributed by atoms with Crippen molar-refractivity contribution in [1.29, 1.82) is 0 Å². The smallest absolute Gasteiger partial charge is 0.228 e. The maximum Gasteiger partial charge on any atom is 0.228 e. The van der Waals surface area contributed by atoms with E-state index < -0.39 is 0 Å². The standard InChI is InChI=1S/C10H10INOS/c11-7-2-1-3-8(4-7)12-6-9(14)5-10(12)13/h1-4,9,14H,5-6H2. The Labute approximate surface area is 102 Å². The van der Waals surface area contributed by atoms with E-state index in [1.165, 1.54) is 0 Å². The van der Waals surface area contributed by atoms with Crippen LogP contribution in [0, 0.1) is 3.57 Å². The molecule has 1 fully saturated rings. The Morgan fingerprint density at radius 2 is 2.29 bits per heavy atom. The van der Waals surface area contributed by atoms with Crippen molar-refractivity contribution in [3.05, 3.63) is 27.8 Å². The third kappa shape index (κ3) is 2.06. The Morgan fingerprint density at radius 1 is 1.50 bits per heavy atom. The zero-order chi connectivity index (χ0) is 10.1. The molecule has 0 bridgehead atoms. The molecular formula is C10H10INOS. The number of benzene rings is 1. The zero-order valence-electron chi connectivity index (χ0n) is 7.48. The van der Waals surface area contributed by atoms with Gasteiger partial charge in [0, 0.05) is 27.5 Å². The van der Waals surface area contributed by atoms with Crippen molar-refractivity contribution in [2.75, 3.05) is 11.4 Å². The summed E-state index contributed by atoms with van der Waals surface area (Å²) in [4.78, 5) is 13.4. The Morgan fingerprint density at radius 3 is 2.86 bits per heavy atom. The van der Waals surface area contributed by atoms with Crippen molar-refractivity contribution in [3.63, 3.8) is 0 Å². The number of hydrogen-bond acceptors (Lipinski definition) is 2. The van der Waals surface area contributed by atoms with Crippen molar-refractivity contribution < 1.29 is 4.79 Å². The minimum atomic E-state index is 0.173. The molecule has 1 atom stereocenters. The lowest BCUT2D eigenvalue weighted by Crippen LogP contribution is -2.24. The molecule has 14 heavy (non-hydrogen) atoms. The molecule has 1 aromatic carbocycles. The summed E-state index contributed by atoms with van der Waals surface area (Å²) >= 11 is 6.57. The van der Waals surface area contributed by atoms with E-state index in [1.807, 2.05) is 24.3 Å². The zero-order valence-corrected chi connectivity index (χ0v) is 10.5. The second kappa shape index (κ2) is 4.10. The molecule has 0 saturated carbocycles. The molecule has 0 aliphatic carbocycles. The van der Waals surface area contributed by atoms with Crippen LogP contribution in [-0.2, 0) is 4.79 Å². The van der Waals surface area contributed by atoms with Gasteiger partial charge in [0.15, 0.2) is 0 Å². The van der Waals surface area contributed by atoms with Crippen LogP contribution in [0.5, 0.6) is 0 Å². The molecule has 4 heteroatoms. The highest BCUT2D eigenvalue weighted by molar-refractivity contribution is 14.1. The summed E-state index contributed by atoms with van der Waals surface area (Å²) < 4.78 is 1.15. The molecule has 2 rings (SSSR count). The number of hydrogen-bond donors (Lipinski definition) is 1. The largest absolute Gasteiger partial charge is 0.311 e. The molecule has 1 aromatic rings. The number of anilines is 1. The summed E-state index contributed by atoms with van der Waals surface area (Å²) in [5.41, 5.74) is 0.985. The molecule has 1 heterocycles. The predicted octanol–water partition coefficient (Wildman–Crippen LogP) is 2.33. The van der Waals surface area contributed by atoms with Crippen molar-refractivity contribution in [2.45, 2.75) is 11.7 Å². The van der Waals surface area contributed by atoms with E-state index in [0.717, 1.165) is 15.8 Å². The number of carbonyl (C=O) groups is 1. The van der Waals surface area contributed by atoms with Gasteiger partial charge in [0.1, 0.15) is 0 Å². The molecule has 2 nitrogen and oxygen atoms in total. The maximum absolute atomic E-state index is 11.6. The van der Waals surface area contributed by atoms with Crippen LogP contribution in [0.1, 0.15) is 6.42 Å². The minimum Gasteiger partial charge on any atom is -0.311 e. The number of thiol groups is 1.